The smallest absolute Gasteiger partial charge is 0.0492 e. The van der Waals surface area contributed by atoms with E-state index in [1.165, 1.54) is 5.69 Å². The number of nitrogens with zero attached hydrogens (tertiary/aromatic N) is 2. The first-order chi connectivity index (χ1) is 4.84. The van der Waals surface area contributed by atoms with Gasteiger partial charge in [0, 0.05) is 31.9 Å². The number of aryl methyl sites for hydroxylation is 1. The average Bonchev–Trinajstić information content (AvgIpc) is 2.31. The summed E-state index contributed by atoms with van der Waals surface area (Å²) < 4.78 is 1.84. The Morgan fingerprint density at radius 1 is 1.80 bits per heavy atom. The fourth-order valence-corrected chi connectivity index (χ4v) is 0.847. The molecule has 1 rings (SSSR count). The van der Waals surface area contributed by atoms with E-state index in [-0.39, 0.29) is 0 Å². The van der Waals surface area contributed by atoms with Crippen molar-refractivity contribution in [1.82, 2.24) is 15.2 Å². The average molecular weight is 140 g/mol. The highest BCUT2D eigenvalue weighted by Gasteiger charge is 1.94. The van der Waals surface area contributed by atoms with Crippen LogP contribution in [0.5, 0.6) is 0 Å². The summed E-state index contributed by atoms with van der Waals surface area (Å²) in [6.07, 6.45) is 2.71. The zero-order chi connectivity index (χ0) is 7.40. The Balaban J connectivity index is 2.49. The van der Waals surface area contributed by atoms with Crippen LogP contribution in [0.4, 0.5) is 0 Å². The zero-order valence-corrected chi connectivity index (χ0v) is 6.04. The molecule has 0 aliphatic heterocycles. The van der Waals surface area contributed by atoms with E-state index in [0.717, 1.165) is 13.0 Å². The number of hydrogen-bond donors (Lipinski definition) is 2. The first kappa shape index (κ1) is 7.24. The molecule has 0 radical (unpaired) electrons. The number of nitrogens with one attached hydrogen (secondary N) is 1. The first-order valence-corrected chi connectivity index (χ1v) is 3.25. The van der Waals surface area contributed by atoms with Gasteiger partial charge in [-0.15, -0.1) is 0 Å². The van der Waals surface area contributed by atoms with Crippen LogP contribution >= 0.6 is 0 Å². The predicted octanol–water partition coefficient (Wildman–Crippen LogP) is -0.574. The van der Waals surface area contributed by atoms with Crippen LogP contribution < -0.4 is 11.3 Å². The number of hydrazine groups is 1. The standard InChI is InChI=1S/C6H12N4/c1-10-6(2-4-8-7)3-5-9-10/h3,5,8H,2,4,7H2,1H3. The van der Waals surface area contributed by atoms with E-state index in [1.54, 1.807) is 6.20 Å². The summed E-state index contributed by atoms with van der Waals surface area (Å²) in [5, 5.41) is 4.02. The Hall–Kier alpha value is -0.870. The molecule has 0 aliphatic carbocycles. The lowest BCUT2D eigenvalue weighted by molar-refractivity contribution is 0.661. The Kier molecular flexibility index (Phi) is 2.42. The van der Waals surface area contributed by atoms with Crippen molar-refractivity contribution in [3.05, 3.63) is 18.0 Å². The third-order valence-electron chi connectivity index (χ3n) is 1.45. The summed E-state index contributed by atoms with van der Waals surface area (Å²) in [7, 11) is 1.92. The van der Waals surface area contributed by atoms with Crippen LogP contribution in [0.1, 0.15) is 5.69 Å². The third-order valence-corrected chi connectivity index (χ3v) is 1.45. The molecule has 10 heavy (non-hydrogen) atoms. The van der Waals surface area contributed by atoms with Crippen LogP contribution in [0, 0.1) is 0 Å². The summed E-state index contributed by atoms with van der Waals surface area (Å²) in [6.45, 7) is 0.791. The van der Waals surface area contributed by atoms with E-state index in [4.69, 9.17) is 5.84 Å². The predicted molar refractivity (Wildman–Crippen MR) is 39.1 cm³/mol. The van der Waals surface area contributed by atoms with Crippen LogP contribution in [-0.4, -0.2) is 16.3 Å². The van der Waals surface area contributed by atoms with Crippen LogP contribution in [0.3, 0.4) is 0 Å². The van der Waals surface area contributed by atoms with Crippen molar-refractivity contribution in [2.75, 3.05) is 6.54 Å². The van der Waals surface area contributed by atoms with Gasteiger partial charge in [0.1, 0.15) is 0 Å². The third kappa shape index (κ3) is 1.55. The molecule has 0 saturated carbocycles. The second-order valence-corrected chi connectivity index (χ2v) is 2.15. The van der Waals surface area contributed by atoms with Crippen molar-refractivity contribution in [2.24, 2.45) is 12.9 Å². The van der Waals surface area contributed by atoms with Gasteiger partial charge in [0.25, 0.3) is 0 Å². The highest BCUT2D eigenvalue weighted by molar-refractivity contribution is 4.99. The van der Waals surface area contributed by atoms with Crippen molar-refractivity contribution in [3.63, 3.8) is 0 Å². The minimum atomic E-state index is 0.791. The number of rotatable bonds is 3. The molecule has 0 spiro atoms. The molecule has 3 N–H and O–H groups in total. The Labute approximate surface area is 60.0 Å². The lowest BCUT2D eigenvalue weighted by atomic mass is 10.3. The largest absolute Gasteiger partial charge is 0.273 e. The topological polar surface area (TPSA) is 55.9 Å². The maximum Gasteiger partial charge on any atom is 0.0492 e. The molecule has 0 atom stereocenters. The Bertz CT molecular complexity index is 193. The summed E-state index contributed by atoms with van der Waals surface area (Å²) in [4.78, 5) is 0. The Morgan fingerprint density at radius 2 is 2.60 bits per heavy atom. The molecule has 1 heterocycles. The molecule has 0 amide bonds. The van der Waals surface area contributed by atoms with Crippen molar-refractivity contribution in [3.8, 4) is 0 Å². The molecule has 0 saturated heterocycles. The van der Waals surface area contributed by atoms with Gasteiger partial charge in [-0.1, -0.05) is 0 Å². The monoisotopic (exact) mass is 140 g/mol. The van der Waals surface area contributed by atoms with Crippen LogP contribution in [0.15, 0.2) is 12.3 Å². The second kappa shape index (κ2) is 3.34. The van der Waals surface area contributed by atoms with Crippen LogP contribution in [0.2, 0.25) is 0 Å². The summed E-state index contributed by atoms with van der Waals surface area (Å²) >= 11 is 0. The molecule has 0 unspecified atom stereocenters. The maximum absolute atomic E-state index is 5.12. The van der Waals surface area contributed by atoms with Crippen LogP contribution in [-0.2, 0) is 13.5 Å². The Morgan fingerprint density at radius 3 is 3.10 bits per heavy atom. The molecular formula is C6H12N4. The van der Waals surface area contributed by atoms with Crippen molar-refractivity contribution in [1.29, 1.82) is 0 Å². The molecule has 1 aromatic rings. The fraction of sp³-hybridized carbons (Fsp3) is 0.500. The van der Waals surface area contributed by atoms with E-state index in [2.05, 4.69) is 10.5 Å². The van der Waals surface area contributed by atoms with E-state index < -0.39 is 0 Å². The molecule has 56 valence electrons. The molecule has 1 aromatic heterocycles. The van der Waals surface area contributed by atoms with E-state index in [0.29, 0.717) is 0 Å². The molecule has 0 bridgehead atoms. The van der Waals surface area contributed by atoms with E-state index in [1.807, 2.05) is 17.8 Å². The van der Waals surface area contributed by atoms with Gasteiger partial charge in [-0.05, 0) is 6.07 Å². The fourth-order valence-electron chi connectivity index (χ4n) is 0.847. The van der Waals surface area contributed by atoms with Gasteiger partial charge in [0.2, 0.25) is 0 Å². The highest BCUT2D eigenvalue weighted by Crippen LogP contribution is 1.94. The molecule has 4 heteroatoms. The van der Waals surface area contributed by atoms with Gasteiger partial charge >= 0.3 is 0 Å². The lowest BCUT2D eigenvalue weighted by Crippen LogP contribution is -2.25. The summed E-state index contributed by atoms with van der Waals surface area (Å²) in [6, 6.07) is 1.98. The van der Waals surface area contributed by atoms with Gasteiger partial charge < -0.3 is 0 Å². The van der Waals surface area contributed by atoms with Gasteiger partial charge in [0.15, 0.2) is 0 Å². The number of nitrogens with two attached hydrogens (primary N) is 1. The molecule has 0 fully saturated rings. The quantitative estimate of drug-likeness (QED) is 0.436. The second-order valence-electron chi connectivity index (χ2n) is 2.15. The molecule has 0 aliphatic rings. The highest BCUT2D eigenvalue weighted by atomic mass is 15.3. The van der Waals surface area contributed by atoms with Gasteiger partial charge in [-0.2, -0.15) is 5.10 Å². The van der Waals surface area contributed by atoms with E-state index in [9.17, 15) is 0 Å². The van der Waals surface area contributed by atoms with Crippen molar-refractivity contribution >= 4 is 0 Å². The van der Waals surface area contributed by atoms with Crippen LogP contribution in [0.25, 0.3) is 0 Å². The molecule has 4 nitrogen and oxygen atoms in total. The van der Waals surface area contributed by atoms with E-state index >= 15 is 0 Å². The van der Waals surface area contributed by atoms with Gasteiger partial charge in [-0.25, -0.2) is 0 Å². The molecular weight excluding hydrogens is 128 g/mol. The lowest BCUT2D eigenvalue weighted by Gasteiger charge is -1.99. The normalized spacial score (nSPS) is 10.2. The molecule has 0 aromatic carbocycles. The van der Waals surface area contributed by atoms with Crippen molar-refractivity contribution < 1.29 is 0 Å². The maximum atomic E-state index is 5.12. The summed E-state index contributed by atoms with van der Waals surface area (Å²) in [5.74, 6) is 5.12. The first-order valence-electron chi connectivity index (χ1n) is 3.25. The summed E-state index contributed by atoms with van der Waals surface area (Å²) in [5.41, 5.74) is 3.78. The van der Waals surface area contributed by atoms with Gasteiger partial charge in [-0.3, -0.25) is 16.0 Å². The van der Waals surface area contributed by atoms with Crippen molar-refractivity contribution in [2.45, 2.75) is 6.42 Å². The SMILES string of the molecule is Cn1nccc1CCNN. The van der Waals surface area contributed by atoms with Gasteiger partial charge in [0.05, 0.1) is 0 Å². The number of hydrogen-bond acceptors (Lipinski definition) is 3. The zero-order valence-electron chi connectivity index (χ0n) is 6.04. The number of aromatic nitrogens is 2. The minimum Gasteiger partial charge on any atom is -0.273 e. The minimum absolute atomic E-state index is 0.791.